The van der Waals surface area contributed by atoms with Gasteiger partial charge in [0.25, 0.3) is 0 Å². The Morgan fingerprint density at radius 3 is 2.95 bits per heavy atom. The molecule has 1 aliphatic heterocycles. The van der Waals surface area contributed by atoms with E-state index in [1.165, 1.54) is 11.0 Å². The smallest absolute Gasteiger partial charge is 0.339 e. The van der Waals surface area contributed by atoms with Crippen molar-refractivity contribution in [3.8, 4) is 0 Å². The van der Waals surface area contributed by atoms with Crippen LogP contribution in [0.15, 0.2) is 24.3 Å². The average molecular weight is 292 g/mol. The number of amides is 2. The molecule has 0 spiro atoms. The van der Waals surface area contributed by atoms with Crippen molar-refractivity contribution < 1.29 is 24.2 Å². The van der Waals surface area contributed by atoms with Gasteiger partial charge < -0.3 is 20.1 Å². The van der Waals surface area contributed by atoms with E-state index in [0.29, 0.717) is 11.3 Å². The van der Waals surface area contributed by atoms with E-state index < -0.39 is 12.1 Å². The summed E-state index contributed by atoms with van der Waals surface area (Å²) < 4.78 is 4.75. The van der Waals surface area contributed by atoms with Crippen LogP contribution < -0.4 is 10.2 Å². The van der Waals surface area contributed by atoms with Crippen molar-refractivity contribution in [3.05, 3.63) is 29.8 Å². The second kappa shape index (κ2) is 6.36. The van der Waals surface area contributed by atoms with Gasteiger partial charge in [-0.25, -0.2) is 4.79 Å². The zero-order valence-electron chi connectivity index (χ0n) is 11.5. The van der Waals surface area contributed by atoms with Crippen LogP contribution in [0, 0.1) is 0 Å². The summed E-state index contributed by atoms with van der Waals surface area (Å²) in [6.07, 6.45) is -1.42. The molecule has 1 aliphatic rings. The molecule has 1 atom stereocenters. The highest BCUT2D eigenvalue weighted by Gasteiger charge is 2.26. The van der Waals surface area contributed by atoms with Crippen molar-refractivity contribution in [1.82, 2.24) is 5.32 Å². The van der Waals surface area contributed by atoms with Crippen molar-refractivity contribution in [2.75, 3.05) is 24.6 Å². The molecule has 112 valence electrons. The van der Waals surface area contributed by atoms with Gasteiger partial charge in [0.05, 0.1) is 13.2 Å². The number of benzene rings is 1. The first-order valence-electron chi connectivity index (χ1n) is 6.54. The molecule has 21 heavy (non-hydrogen) atoms. The molecular formula is C14H16N2O5. The number of rotatable bonds is 4. The quantitative estimate of drug-likeness (QED) is 0.746. The van der Waals surface area contributed by atoms with E-state index in [4.69, 9.17) is 4.74 Å². The van der Waals surface area contributed by atoms with E-state index in [9.17, 15) is 19.5 Å². The fourth-order valence-corrected chi connectivity index (χ4v) is 2.01. The van der Waals surface area contributed by atoms with Crippen LogP contribution in [-0.4, -0.2) is 42.6 Å². The monoisotopic (exact) mass is 292 g/mol. The third-order valence-electron chi connectivity index (χ3n) is 3.05. The molecular weight excluding hydrogens is 276 g/mol. The Kier molecular flexibility index (Phi) is 4.54. The Balaban J connectivity index is 2.22. The van der Waals surface area contributed by atoms with Gasteiger partial charge in [0.1, 0.15) is 6.54 Å². The largest absolute Gasteiger partial charge is 0.464 e. The van der Waals surface area contributed by atoms with E-state index in [0.717, 1.165) is 0 Å². The lowest BCUT2D eigenvalue weighted by atomic mass is 10.1. The zero-order valence-corrected chi connectivity index (χ0v) is 11.5. The fourth-order valence-electron chi connectivity index (χ4n) is 2.01. The molecule has 2 amide bonds. The minimum Gasteiger partial charge on any atom is -0.464 e. The van der Waals surface area contributed by atoms with E-state index in [1.54, 1.807) is 25.1 Å². The summed E-state index contributed by atoms with van der Waals surface area (Å²) in [4.78, 5) is 36.0. The molecule has 7 nitrogen and oxygen atoms in total. The predicted octanol–water partition coefficient (Wildman–Crippen LogP) is -0.254. The lowest BCUT2D eigenvalue weighted by Gasteiger charge is -2.27. The Labute approximate surface area is 121 Å². The Morgan fingerprint density at radius 1 is 1.48 bits per heavy atom. The van der Waals surface area contributed by atoms with E-state index in [1.807, 2.05) is 0 Å². The number of ether oxygens (including phenoxy) is 1. The Morgan fingerprint density at radius 2 is 2.24 bits per heavy atom. The minimum absolute atomic E-state index is 0.0660. The first kappa shape index (κ1) is 15.0. The summed E-state index contributed by atoms with van der Waals surface area (Å²) in [5.74, 6) is -1.26. The van der Waals surface area contributed by atoms with E-state index in [2.05, 4.69) is 5.32 Å². The molecule has 2 rings (SSSR count). The van der Waals surface area contributed by atoms with Gasteiger partial charge >= 0.3 is 5.97 Å². The molecule has 7 heteroatoms. The topological polar surface area (TPSA) is 95.9 Å². The Bertz CT molecular complexity index is 572. The maximum atomic E-state index is 11.8. The Hall–Kier alpha value is -2.41. The first-order chi connectivity index (χ1) is 10.0. The molecule has 1 aromatic carbocycles. The molecule has 1 aromatic rings. The summed E-state index contributed by atoms with van der Waals surface area (Å²) in [7, 11) is 0. The number of aliphatic hydroxyl groups excluding tert-OH is 1. The number of carbonyl (C=O) groups excluding carboxylic acids is 3. The van der Waals surface area contributed by atoms with Crippen molar-refractivity contribution in [3.63, 3.8) is 0 Å². The van der Waals surface area contributed by atoms with Gasteiger partial charge in [0.2, 0.25) is 11.8 Å². The number of aliphatic hydroxyl groups is 1. The number of nitrogens with zero attached hydrogens (tertiary/aromatic N) is 1. The average Bonchev–Trinajstić information content (AvgIpc) is 2.49. The molecule has 0 aromatic heterocycles. The lowest BCUT2D eigenvalue weighted by molar-refractivity contribution is -0.153. The van der Waals surface area contributed by atoms with Crippen LogP contribution in [0.5, 0.6) is 0 Å². The van der Waals surface area contributed by atoms with E-state index >= 15 is 0 Å². The highest BCUT2D eigenvalue weighted by molar-refractivity contribution is 6.04. The summed E-state index contributed by atoms with van der Waals surface area (Å²) in [5, 5.41) is 12.4. The number of hydrogen-bond acceptors (Lipinski definition) is 5. The van der Waals surface area contributed by atoms with Gasteiger partial charge in [-0.15, -0.1) is 0 Å². The SMILES string of the molecule is CCOC(=O)C(O)c1cccc(N2CC(=O)NCC2=O)c1. The minimum atomic E-state index is -1.42. The van der Waals surface area contributed by atoms with Crippen molar-refractivity contribution >= 4 is 23.5 Å². The number of esters is 1. The van der Waals surface area contributed by atoms with E-state index in [-0.39, 0.29) is 31.5 Å². The van der Waals surface area contributed by atoms with Crippen molar-refractivity contribution in [2.45, 2.75) is 13.0 Å². The highest BCUT2D eigenvalue weighted by atomic mass is 16.5. The normalized spacial score (nSPS) is 16.4. The molecule has 0 bridgehead atoms. The molecule has 1 heterocycles. The number of anilines is 1. The molecule has 1 saturated heterocycles. The maximum absolute atomic E-state index is 11.8. The third-order valence-corrected chi connectivity index (χ3v) is 3.05. The van der Waals surface area contributed by atoms with Gasteiger partial charge in [0.15, 0.2) is 6.10 Å². The van der Waals surface area contributed by atoms with Crippen LogP contribution in [0.1, 0.15) is 18.6 Å². The van der Waals surface area contributed by atoms with Gasteiger partial charge in [0, 0.05) is 5.69 Å². The molecule has 0 radical (unpaired) electrons. The number of hydrogen-bond donors (Lipinski definition) is 2. The van der Waals surface area contributed by atoms with Gasteiger partial charge in [-0.05, 0) is 24.6 Å². The molecule has 1 fully saturated rings. The van der Waals surface area contributed by atoms with Crippen molar-refractivity contribution in [2.24, 2.45) is 0 Å². The zero-order chi connectivity index (χ0) is 15.4. The van der Waals surface area contributed by atoms with Crippen LogP contribution in [0.4, 0.5) is 5.69 Å². The van der Waals surface area contributed by atoms with Crippen LogP contribution >= 0.6 is 0 Å². The third kappa shape index (κ3) is 3.38. The second-order valence-corrected chi connectivity index (χ2v) is 4.51. The number of nitrogens with one attached hydrogen (secondary N) is 1. The van der Waals surface area contributed by atoms with Crippen molar-refractivity contribution in [1.29, 1.82) is 0 Å². The standard InChI is InChI=1S/C14H16N2O5/c1-2-21-14(20)13(19)9-4-3-5-10(6-9)16-8-11(17)15-7-12(16)18/h3-6,13,19H,2,7-8H2,1H3,(H,15,17). The maximum Gasteiger partial charge on any atom is 0.339 e. The fraction of sp³-hybridized carbons (Fsp3) is 0.357. The molecule has 2 N–H and O–H groups in total. The molecule has 0 saturated carbocycles. The van der Waals surface area contributed by atoms with Crippen LogP contribution in [-0.2, 0) is 19.1 Å². The number of carbonyl (C=O) groups is 3. The van der Waals surface area contributed by atoms with Gasteiger partial charge in [-0.2, -0.15) is 0 Å². The molecule has 1 unspecified atom stereocenters. The predicted molar refractivity (Wildman–Crippen MR) is 73.4 cm³/mol. The second-order valence-electron chi connectivity index (χ2n) is 4.51. The molecule has 0 aliphatic carbocycles. The van der Waals surface area contributed by atoms with Crippen LogP contribution in [0.25, 0.3) is 0 Å². The van der Waals surface area contributed by atoms with Crippen LogP contribution in [0.2, 0.25) is 0 Å². The summed E-state index contributed by atoms with van der Waals surface area (Å²) in [6.45, 7) is 1.66. The summed E-state index contributed by atoms with van der Waals surface area (Å²) >= 11 is 0. The summed E-state index contributed by atoms with van der Waals surface area (Å²) in [5.41, 5.74) is 0.764. The summed E-state index contributed by atoms with van der Waals surface area (Å²) in [6, 6.07) is 6.29. The number of piperazine rings is 1. The lowest BCUT2D eigenvalue weighted by Crippen LogP contribution is -2.51. The van der Waals surface area contributed by atoms with Gasteiger partial charge in [-0.3, -0.25) is 9.59 Å². The first-order valence-corrected chi connectivity index (χ1v) is 6.54. The van der Waals surface area contributed by atoms with Crippen LogP contribution in [0.3, 0.4) is 0 Å². The van der Waals surface area contributed by atoms with Gasteiger partial charge in [-0.1, -0.05) is 12.1 Å². The highest BCUT2D eigenvalue weighted by Crippen LogP contribution is 2.22.